The molecule has 188 valence electrons. The van der Waals surface area contributed by atoms with Crippen LogP contribution in [0.5, 0.6) is 5.75 Å². The van der Waals surface area contributed by atoms with Crippen molar-refractivity contribution in [1.82, 2.24) is 4.90 Å². The second-order valence-corrected chi connectivity index (χ2v) is 9.79. The number of fused-ring (bicyclic) bond motifs is 2. The van der Waals surface area contributed by atoms with Gasteiger partial charge in [-0.3, -0.25) is 24.1 Å². The topological polar surface area (TPSA) is 93.2 Å². The summed E-state index contributed by atoms with van der Waals surface area (Å²) in [6.45, 7) is 1.32. The molecular formula is C28H24N2O6S. The molecule has 0 N–H and O–H groups in total. The number of hydrogen-bond donors (Lipinski definition) is 0. The summed E-state index contributed by atoms with van der Waals surface area (Å²) in [4.78, 5) is 55.3. The molecular weight excluding hydrogens is 492 g/mol. The first-order valence-corrected chi connectivity index (χ1v) is 12.6. The average Bonchev–Trinajstić information content (AvgIpc) is 3.09. The van der Waals surface area contributed by atoms with Crippen LogP contribution in [0.2, 0.25) is 0 Å². The van der Waals surface area contributed by atoms with Crippen LogP contribution in [0.15, 0.2) is 77.7 Å². The largest absolute Gasteiger partial charge is 0.497 e. The summed E-state index contributed by atoms with van der Waals surface area (Å²) < 4.78 is 10.9. The summed E-state index contributed by atoms with van der Waals surface area (Å²) in [5, 5.41) is -0.521. The van der Waals surface area contributed by atoms with Crippen LogP contribution in [0.1, 0.15) is 38.5 Å². The number of ether oxygens (including phenoxy) is 2. The number of anilines is 1. The summed E-state index contributed by atoms with van der Waals surface area (Å²) >= 11 is 1.42. The van der Waals surface area contributed by atoms with Crippen molar-refractivity contribution in [1.29, 1.82) is 0 Å². The van der Waals surface area contributed by atoms with Gasteiger partial charge < -0.3 is 14.4 Å². The van der Waals surface area contributed by atoms with Crippen LogP contribution in [-0.2, 0) is 14.3 Å². The van der Waals surface area contributed by atoms with Crippen LogP contribution in [0.25, 0.3) is 0 Å². The quantitative estimate of drug-likeness (QED) is 0.360. The van der Waals surface area contributed by atoms with E-state index in [2.05, 4.69) is 0 Å². The summed E-state index contributed by atoms with van der Waals surface area (Å²) in [5.41, 5.74) is 2.12. The normalized spacial score (nSPS) is 18.8. The molecule has 3 aromatic carbocycles. The number of hydrogen-bond acceptors (Lipinski definition) is 7. The third kappa shape index (κ3) is 4.58. The molecule has 0 saturated carbocycles. The van der Waals surface area contributed by atoms with E-state index in [1.807, 2.05) is 36.4 Å². The molecule has 0 radical (unpaired) electrons. The maximum absolute atomic E-state index is 14.0. The molecule has 0 spiro atoms. The van der Waals surface area contributed by atoms with Gasteiger partial charge in [0.2, 0.25) is 0 Å². The second-order valence-electron chi connectivity index (χ2n) is 8.61. The van der Waals surface area contributed by atoms with Gasteiger partial charge in [0.25, 0.3) is 17.7 Å². The van der Waals surface area contributed by atoms with Gasteiger partial charge in [0.1, 0.15) is 5.75 Å². The number of carbonyl (C=O) groups excluding carboxylic acids is 4. The Labute approximate surface area is 218 Å². The van der Waals surface area contributed by atoms with E-state index in [1.54, 1.807) is 43.5 Å². The Balaban J connectivity index is 1.48. The van der Waals surface area contributed by atoms with Crippen molar-refractivity contribution in [2.24, 2.45) is 0 Å². The first-order valence-electron chi connectivity index (χ1n) is 11.7. The molecule has 37 heavy (non-hydrogen) atoms. The summed E-state index contributed by atoms with van der Waals surface area (Å²) in [5.74, 6) is -1.12. The fourth-order valence-corrected chi connectivity index (χ4v) is 5.90. The van der Waals surface area contributed by atoms with Crippen LogP contribution in [-0.4, -0.2) is 54.9 Å². The van der Waals surface area contributed by atoms with E-state index in [1.165, 1.54) is 23.6 Å². The van der Waals surface area contributed by atoms with Crippen molar-refractivity contribution in [2.45, 2.75) is 23.2 Å². The zero-order valence-electron chi connectivity index (χ0n) is 20.2. The Kier molecular flexibility index (Phi) is 6.71. The number of benzene rings is 3. The van der Waals surface area contributed by atoms with E-state index in [0.717, 1.165) is 15.4 Å². The van der Waals surface area contributed by atoms with Crippen molar-refractivity contribution in [3.05, 3.63) is 89.5 Å². The number of carbonyl (C=O) groups is 4. The predicted molar refractivity (Wildman–Crippen MR) is 138 cm³/mol. The molecule has 2 atom stereocenters. The first kappa shape index (κ1) is 24.6. The smallest absolute Gasteiger partial charge is 0.303 e. The van der Waals surface area contributed by atoms with Gasteiger partial charge >= 0.3 is 5.97 Å². The minimum Gasteiger partial charge on any atom is -0.497 e. The minimum absolute atomic E-state index is 0.00290. The SMILES string of the molecule is COc1ccc(C2Sc3ccccc3N(CCN3C(=O)c4ccccc4C3=O)C(=O)C2OC(C)=O)cc1. The zero-order chi connectivity index (χ0) is 26.1. The van der Waals surface area contributed by atoms with Gasteiger partial charge in [0, 0.05) is 24.9 Å². The van der Waals surface area contributed by atoms with Crippen LogP contribution < -0.4 is 9.64 Å². The van der Waals surface area contributed by atoms with Crippen LogP contribution in [0, 0.1) is 0 Å². The van der Waals surface area contributed by atoms with Gasteiger partial charge in [-0.2, -0.15) is 0 Å². The Bertz CT molecular complexity index is 1350. The molecule has 0 aromatic heterocycles. The van der Waals surface area contributed by atoms with E-state index in [4.69, 9.17) is 9.47 Å². The molecule has 0 aliphatic carbocycles. The number of thioether (sulfide) groups is 1. The van der Waals surface area contributed by atoms with Gasteiger partial charge in [0.15, 0.2) is 6.10 Å². The molecule has 2 aliphatic rings. The van der Waals surface area contributed by atoms with E-state index >= 15 is 0 Å². The molecule has 2 aliphatic heterocycles. The molecule has 3 amide bonds. The van der Waals surface area contributed by atoms with E-state index < -0.39 is 35.0 Å². The number of methoxy groups -OCH3 is 1. The molecule has 9 heteroatoms. The van der Waals surface area contributed by atoms with Gasteiger partial charge in [-0.1, -0.05) is 36.4 Å². The lowest BCUT2D eigenvalue weighted by atomic mass is 10.1. The summed E-state index contributed by atoms with van der Waals surface area (Å²) in [6, 6.07) is 21.3. The predicted octanol–water partition coefficient (Wildman–Crippen LogP) is 4.10. The van der Waals surface area contributed by atoms with Crippen molar-refractivity contribution in [2.75, 3.05) is 25.1 Å². The molecule has 8 nitrogen and oxygen atoms in total. The monoisotopic (exact) mass is 516 g/mol. The number of rotatable bonds is 6. The fraction of sp³-hybridized carbons (Fsp3) is 0.214. The average molecular weight is 517 g/mol. The van der Waals surface area contributed by atoms with Crippen molar-refractivity contribution in [3.8, 4) is 5.75 Å². The van der Waals surface area contributed by atoms with Gasteiger partial charge in [-0.05, 0) is 42.0 Å². The molecule has 0 bridgehead atoms. The van der Waals surface area contributed by atoms with Gasteiger partial charge in [0.05, 0.1) is 29.2 Å². The maximum Gasteiger partial charge on any atom is 0.303 e. The fourth-order valence-electron chi connectivity index (χ4n) is 4.58. The van der Waals surface area contributed by atoms with Crippen molar-refractivity contribution < 1.29 is 28.7 Å². The Morgan fingerprint density at radius 2 is 1.43 bits per heavy atom. The third-order valence-electron chi connectivity index (χ3n) is 6.36. The number of nitrogens with zero attached hydrogens (tertiary/aromatic N) is 2. The highest BCUT2D eigenvalue weighted by Gasteiger charge is 2.42. The molecule has 2 unspecified atom stereocenters. The third-order valence-corrected chi connectivity index (χ3v) is 7.73. The lowest BCUT2D eigenvalue weighted by Crippen LogP contribution is -2.46. The van der Waals surface area contributed by atoms with Crippen LogP contribution >= 0.6 is 11.8 Å². The number of esters is 1. The van der Waals surface area contributed by atoms with E-state index in [-0.39, 0.29) is 13.1 Å². The Morgan fingerprint density at radius 3 is 2.05 bits per heavy atom. The lowest BCUT2D eigenvalue weighted by Gasteiger charge is -2.28. The van der Waals surface area contributed by atoms with E-state index in [0.29, 0.717) is 22.6 Å². The van der Waals surface area contributed by atoms with Crippen molar-refractivity contribution in [3.63, 3.8) is 0 Å². The second kappa shape index (κ2) is 10.1. The van der Waals surface area contributed by atoms with E-state index in [9.17, 15) is 19.2 Å². The molecule has 0 fully saturated rings. The first-order chi connectivity index (χ1) is 17.9. The number of imide groups is 1. The molecule has 5 rings (SSSR count). The Hall–Kier alpha value is -4.11. The highest BCUT2D eigenvalue weighted by Crippen LogP contribution is 2.47. The zero-order valence-corrected chi connectivity index (χ0v) is 21.1. The number of para-hydroxylation sites is 1. The number of amides is 3. The van der Waals surface area contributed by atoms with Crippen LogP contribution in [0.4, 0.5) is 5.69 Å². The standard InChI is InChI=1S/C28H24N2O6S/c1-17(31)36-24-25(18-11-13-19(35-2)14-12-18)37-23-10-6-5-9-22(23)29(28(24)34)15-16-30-26(32)20-7-3-4-8-21(20)27(30)33/h3-14,24-25H,15-16H2,1-2H3. The maximum atomic E-state index is 14.0. The molecule has 3 aromatic rings. The minimum atomic E-state index is -1.12. The van der Waals surface area contributed by atoms with Crippen LogP contribution in [0.3, 0.4) is 0 Å². The Morgan fingerprint density at radius 1 is 0.838 bits per heavy atom. The van der Waals surface area contributed by atoms with Gasteiger partial charge in [-0.25, -0.2) is 0 Å². The summed E-state index contributed by atoms with van der Waals surface area (Å²) in [6.07, 6.45) is -1.12. The summed E-state index contributed by atoms with van der Waals surface area (Å²) in [7, 11) is 1.57. The molecule has 2 heterocycles. The highest BCUT2D eigenvalue weighted by atomic mass is 32.2. The highest BCUT2D eigenvalue weighted by molar-refractivity contribution is 7.99. The van der Waals surface area contributed by atoms with Crippen molar-refractivity contribution >= 4 is 41.1 Å². The lowest BCUT2D eigenvalue weighted by molar-refractivity contribution is -0.152. The van der Waals surface area contributed by atoms with Gasteiger partial charge in [-0.15, -0.1) is 11.8 Å². The molecule has 0 saturated heterocycles.